The highest BCUT2D eigenvalue weighted by Crippen LogP contribution is 2.10. The van der Waals surface area contributed by atoms with Crippen molar-refractivity contribution in [3.05, 3.63) is 70.2 Å². The predicted octanol–water partition coefficient (Wildman–Crippen LogP) is 1.66. The van der Waals surface area contributed by atoms with Crippen molar-refractivity contribution in [3.8, 4) is 5.69 Å². The van der Waals surface area contributed by atoms with Crippen molar-refractivity contribution in [2.24, 2.45) is 4.99 Å². The Kier molecular flexibility index (Phi) is 5.65. The van der Waals surface area contributed by atoms with E-state index in [2.05, 4.69) is 20.1 Å². The summed E-state index contributed by atoms with van der Waals surface area (Å²) in [5.74, 6) is -0.428. The minimum absolute atomic E-state index is 0.0334. The molecule has 0 atom stereocenters. The van der Waals surface area contributed by atoms with Crippen LogP contribution in [0.4, 0.5) is 0 Å². The molecule has 0 spiro atoms. The molecule has 3 aromatic rings. The highest BCUT2D eigenvalue weighted by Gasteiger charge is 2.20. The quantitative estimate of drug-likeness (QED) is 0.489. The molecule has 2 aromatic heterocycles. The molecule has 8 nitrogen and oxygen atoms in total. The number of aromatic amines is 2. The molecule has 140 valence electrons. The number of carbonyl (C=O) groups is 1. The standard InChI is InChI=1S/C19H21N5O3/c1-13(21-9-8-14-11-20-12-22-14)18-16(10-17(25)27-2)23-24(19(18)26)15-6-4-3-5-7-15/h3-7,11-12,23H,8-10H2,1-2H3,(H,20,22). The molecular weight excluding hydrogens is 346 g/mol. The highest BCUT2D eigenvalue weighted by molar-refractivity contribution is 6.00. The number of carbonyl (C=O) groups excluding carboxylic acids is 1. The Morgan fingerprint density at radius 2 is 2.07 bits per heavy atom. The summed E-state index contributed by atoms with van der Waals surface area (Å²) < 4.78 is 6.17. The third kappa shape index (κ3) is 4.22. The van der Waals surface area contributed by atoms with Crippen molar-refractivity contribution in [2.45, 2.75) is 19.8 Å². The van der Waals surface area contributed by atoms with Gasteiger partial charge in [0.05, 0.1) is 36.8 Å². The average molecular weight is 367 g/mol. The molecule has 0 saturated carbocycles. The van der Waals surface area contributed by atoms with Gasteiger partial charge in [-0.25, -0.2) is 9.67 Å². The Morgan fingerprint density at radius 1 is 1.30 bits per heavy atom. The van der Waals surface area contributed by atoms with E-state index in [0.717, 1.165) is 5.69 Å². The van der Waals surface area contributed by atoms with Crippen LogP contribution < -0.4 is 5.56 Å². The number of benzene rings is 1. The molecule has 0 amide bonds. The molecule has 0 aliphatic carbocycles. The number of H-pyrrole nitrogens is 2. The Bertz CT molecular complexity index is 984. The molecule has 1 aromatic carbocycles. The normalized spacial score (nSPS) is 11.6. The van der Waals surface area contributed by atoms with Crippen LogP contribution in [0.2, 0.25) is 0 Å². The number of para-hydroxylation sites is 1. The Hall–Kier alpha value is -3.42. The van der Waals surface area contributed by atoms with Gasteiger partial charge >= 0.3 is 5.97 Å². The first-order chi connectivity index (χ1) is 13.1. The van der Waals surface area contributed by atoms with Gasteiger partial charge in [0.15, 0.2) is 0 Å². The molecule has 2 N–H and O–H groups in total. The van der Waals surface area contributed by atoms with Gasteiger partial charge < -0.3 is 9.72 Å². The van der Waals surface area contributed by atoms with Crippen LogP contribution in [0.1, 0.15) is 23.9 Å². The number of aromatic nitrogens is 4. The number of imidazole rings is 1. The summed E-state index contributed by atoms with van der Waals surface area (Å²) in [6, 6.07) is 9.18. The maximum absolute atomic E-state index is 13.0. The van der Waals surface area contributed by atoms with Crippen LogP contribution in [0, 0.1) is 0 Å². The molecule has 0 bridgehead atoms. The molecule has 0 fully saturated rings. The van der Waals surface area contributed by atoms with Crippen molar-refractivity contribution in [1.82, 2.24) is 19.7 Å². The van der Waals surface area contributed by atoms with Crippen LogP contribution in [-0.2, 0) is 22.4 Å². The number of esters is 1. The van der Waals surface area contributed by atoms with Crippen molar-refractivity contribution >= 4 is 11.7 Å². The third-order valence-electron chi connectivity index (χ3n) is 4.18. The SMILES string of the molecule is COC(=O)Cc1[nH]n(-c2ccccc2)c(=O)c1C(C)=NCCc1cnc[nH]1. The lowest BCUT2D eigenvalue weighted by molar-refractivity contribution is -0.139. The van der Waals surface area contributed by atoms with Gasteiger partial charge in [-0.2, -0.15) is 0 Å². The zero-order chi connectivity index (χ0) is 19.2. The molecule has 0 aliphatic heterocycles. The minimum Gasteiger partial charge on any atom is -0.469 e. The molecule has 2 heterocycles. The monoisotopic (exact) mass is 367 g/mol. The zero-order valence-corrected chi connectivity index (χ0v) is 15.2. The van der Waals surface area contributed by atoms with Crippen molar-refractivity contribution in [1.29, 1.82) is 0 Å². The van der Waals surface area contributed by atoms with E-state index < -0.39 is 5.97 Å². The lowest BCUT2D eigenvalue weighted by atomic mass is 10.1. The maximum atomic E-state index is 13.0. The van der Waals surface area contributed by atoms with Gasteiger partial charge in [-0.15, -0.1) is 0 Å². The van der Waals surface area contributed by atoms with Gasteiger partial charge in [-0.3, -0.25) is 19.7 Å². The molecule has 27 heavy (non-hydrogen) atoms. The van der Waals surface area contributed by atoms with E-state index in [9.17, 15) is 9.59 Å². The fourth-order valence-corrected chi connectivity index (χ4v) is 2.80. The minimum atomic E-state index is -0.428. The second-order valence-corrected chi connectivity index (χ2v) is 5.99. The average Bonchev–Trinajstić information content (AvgIpc) is 3.30. The molecule has 0 saturated heterocycles. The van der Waals surface area contributed by atoms with Gasteiger partial charge in [-0.05, 0) is 19.1 Å². The smallest absolute Gasteiger partial charge is 0.311 e. The molecule has 0 radical (unpaired) electrons. The second kappa shape index (κ2) is 8.31. The van der Waals surface area contributed by atoms with Crippen molar-refractivity contribution < 1.29 is 9.53 Å². The van der Waals surface area contributed by atoms with Gasteiger partial charge in [0.1, 0.15) is 0 Å². The number of nitrogens with one attached hydrogen (secondary N) is 2. The summed E-state index contributed by atoms with van der Waals surface area (Å²) in [6.45, 7) is 2.27. The molecule has 0 aliphatic rings. The zero-order valence-electron chi connectivity index (χ0n) is 15.2. The summed E-state index contributed by atoms with van der Waals surface area (Å²) in [5, 5.41) is 3.02. The highest BCUT2D eigenvalue weighted by atomic mass is 16.5. The van der Waals surface area contributed by atoms with Crippen LogP contribution in [0.5, 0.6) is 0 Å². The van der Waals surface area contributed by atoms with Crippen LogP contribution in [0.25, 0.3) is 5.69 Å². The Labute approximate surface area is 155 Å². The number of hydrogen-bond acceptors (Lipinski definition) is 5. The fourth-order valence-electron chi connectivity index (χ4n) is 2.80. The van der Waals surface area contributed by atoms with E-state index >= 15 is 0 Å². The van der Waals surface area contributed by atoms with Gasteiger partial charge in [0.2, 0.25) is 0 Å². The predicted molar refractivity (Wildman–Crippen MR) is 101 cm³/mol. The summed E-state index contributed by atoms with van der Waals surface area (Å²) in [7, 11) is 1.32. The Balaban J connectivity index is 1.94. The molecule has 8 heteroatoms. The number of rotatable bonds is 7. The van der Waals surface area contributed by atoms with Crippen LogP contribution >= 0.6 is 0 Å². The Morgan fingerprint density at radius 3 is 2.74 bits per heavy atom. The summed E-state index contributed by atoms with van der Waals surface area (Å²) in [5.41, 5.74) is 2.86. The van der Waals surface area contributed by atoms with Crippen LogP contribution in [0.15, 0.2) is 52.6 Å². The van der Waals surface area contributed by atoms with E-state index in [4.69, 9.17) is 4.74 Å². The van der Waals surface area contributed by atoms with Gasteiger partial charge in [0, 0.05) is 30.6 Å². The molecule has 0 unspecified atom stereocenters. The van der Waals surface area contributed by atoms with Gasteiger partial charge in [0.25, 0.3) is 5.56 Å². The molecule has 3 rings (SSSR count). The van der Waals surface area contributed by atoms with E-state index in [1.54, 1.807) is 19.4 Å². The topological polar surface area (TPSA) is 105 Å². The summed E-state index contributed by atoms with van der Waals surface area (Å²) in [4.78, 5) is 36.3. The van der Waals surface area contributed by atoms with Crippen LogP contribution in [-0.4, -0.2) is 45.1 Å². The van der Waals surface area contributed by atoms with Crippen molar-refractivity contribution in [2.75, 3.05) is 13.7 Å². The van der Waals surface area contributed by atoms with Gasteiger partial charge in [-0.1, -0.05) is 18.2 Å². The first-order valence-corrected chi connectivity index (χ1v) is 8.55. The second-order valence-electron chi connectivity index (χ2n) is 5.99. The first kappa shape index (κ1) is 18.4. The number of ether oxygens (including phenoxy) is 1. The van der Waals surface area contributed by atoms with E-state index in [-0.39, 0.29) is 12.0 Å². The summed E-state index contributed by atoms with van der Waals surface area (Å²) >= 11 is 0. The largest absolute Gasteiger partial charge is 0.469 e. The lowest BCUT2D eigenvalue weighted by Crippen LogP contribution is -2.20. The molecular formula is C19H21N5O3. The third-order valence-corrected chi connectivity index (χ3v) is 4.18. The number of nitrogens with zero attached hydrogens (tertiary/aromatic N) is 3. The number of methoxy groups -OCH3 is 1. The van der Waals surface area contributed by atoms with E-state index in [0.29, 0.717) is 35.6 Å². The first-order valence-electron chi connectivity index (χ1n) is 8.55. The lowest BCUT2D eigenvalue weighted by Gasteiger charge is -2.02. The van der Waals surface area contributed by atoms with E-state index in [1.165, 1.54) is 11.8 Å². The number of hydrogen-bond donors (Lipinski definition) is 2. The fraction of sp³-hybridized carbons (Fsp3) is 0.263. The van der Waals surface area contributed by atoms with Crippen LogP contribution in [0.3, 0.4) is 0 Å². The summed E-state index contributed by atoms with van der Waals surface area (Å²) in [6.07, 6.45) is 4.01. The van der Waals surface area contributed by atoms with E-state index in [1.807, 2.05) is 30.3 Å². The maximum Gasteiger partial charge on any atom is 0.311 e. The van der Waals surface area contributed by atoms with Crippen molar-refractivity contribution in [3.63, 3.8) is 0 Å². The number of aliphatic imine (C=N–C) groups is 1.